The minimum Gasteiger partial charge on any atom is -0.305 e. The third kappa shape index (κ3) is 2.70. The predicted molar refractivity (Wildman–Crippen MR) is 68.8 cm³/mol. The maximum Gasteiger partial charge on any atom is 0.128 e. The van der Waals surface area contributed by atoms with Crippen LogP contribution in [0, 0.1) is 12.7 Å². The first-order chi connectivity index (χ1) is 8.22. The average Bonchev–Trinajstić information content (AvgIpc) is 2.83. The first kappa shape index (κ1) is 12.2. The van der Waals surface area contributed by atoms with E-state index in [0.29, 0.717) is 5.56 Å². The van der Waals surface area contributed by atoms with Gasteiger partial charge in [-0.05, 0) is 19.5 Å². The Morgan fingerprint density at radius 2 is 2.29 bits per heavy atom. The second kappa shape index (κ2) is 5.38. The fourth-order valence-electron chi connectivity index (χ4n) is 1.83. The van der Waals surface area contributed by atoms with Gasteiger partial charge in [-0.15, -0.1) is 11.3 Å². The minimum absolute atomic E-state index is 0.161. The van der Waals surface area contributed by atoms with Crippen molar-refractivity contribution in [3.8, 4) is 0 Å². The molecule has 0 saturated heterocycles. The van der Waals surface area contributed by atoms with Crippen molar-refractivity contribution in [3.05, 3.63) is 51.7 Å². The van der Waals surface area contributed by atoms with Crippen LogP contribution in [-0.4, -0.2) is 11.5 Å². The smallest absolute Gasteiger partial charge is 0.128 e. The molecule has 2 aromatic rings. The molecule has 4 heteroatoms. The van der Waals surface area contributed by atoms with Gasteiger partial charge in [0.2, 0.25) is 0 Å². The number of rotatable bonds is 4. The number of hydrogen-bond donors (Lipinski definition) is 1. The molecule has 1 aromatic heterocycles. The van der Waals surface area contributed by atoms with E-state index in [1.807, 2.05) is 25.3 Å². The maximum absolute atomic E-state index is 13.9. The SMILES string of the molecule is CCNC(c1cscn1)c1cc(C)ccc1F. The molecule has 0 aliphatic carbocycles. The minimum atomic E-state index is -0.186. The predicted octanol–water partition coefficient (Wildman–Crippen LogP) is 3.29. The molecule has 0 radical (unpaired) electrons. The van der Waals surface area contributed by atoms with Crippen molar-refractivity contribution < 1.29 is 4.39 Å². The van der Waals surface area contributed by atoms with Gasteiger partial charge in [0.25, 0.3) is 0 Å². The van der Waals surface area contributed by atoms with E-state index < -0.39 is 0 Å². The molecular weight excluding hydrogens is 235 g/mol. The van der Waals surface area contributed by atoms with Gasteiger partial charge in [0.05, 0.1) is 17.2 Å². The van der Waals surface area contributed by atoms with E-state index in [-0.39, 0.29) is 11.9 Å². The van der Waals surface area contributed by atoms with Crippen LogP contribution in [0.2, 0.25) is 0 Å². The molecule has 0 spiro atoms. The molecular formula is C13H15FN2S. The van der Waals surface area contributed by atoms with Gasteiger partial charge in [-0.3, -0.25) is 0 Å². The number of benzene rings is 1. The van der Waals surface area contributed by atoms with Crippen LogP contribution in [0.3, 0.4) is 0 Å². The summed E-state index contributed by atoms with van der Waals surface area (Å²) in [6.07, 6.45) is 0. The molecule has 1 heterocycles. The molecule has 1 aromatic carbocycles. The van der Waals surface area contributed by atoms with E-state index in [9.17, 15) is 4.39 Å². The van der Waals surface area contributed by atoms with Gasteiger partial charge < -0.3 is 5.32 Å². The summed E-state index contributed by atoms with van der Waals surface area (Å²) >= 11 is 1.52. The highest BCUT2D eigenvalue weighted by molar-refractivity contribution is 7.07. The second-order valence-corrected chi connectivity index (χ2v) is 4.65. The first-order valence-corrected chi connectivity index (χ1v) is 6.54. The molecule has 0 fully saturated rings. The molecule has 1 unspecified atom stereocenters. The van der Waals surface area contributed by atoms with Gasteiger partial charge in [-0.25, -0.2) is 9.37 Å². The molecule has 2 nitrogen and oxygen atoms in total. The van der Waals surface area contributed by atoms with E-state index in [0.717, 1.165) is 17.8 Å². The standard InChI is InChI=1S/C13H15FN2S/c1-3-15-13(12-7-17-8-16-12)10-6-9(2)4-5-11(10)14/h4-8,13,15H,3H2,1-2H3. The number of halogens is 1. The fraction of sp³-hybridized carbons (Fsp3) is 0.308. The normalized spacial score (nSPS) is 12.6. The Morgan fingerprint density at radius 3 is 2.94 bits per heavy atom. The van der Waals surface area contributed by atoms with Crippen LogP contribution in [0.1, 0.15) is 29.8 Å². The highest BCUT2D eigenvalue weighted by Gasteiger charge is 2.18. The Bertz CT molecular complexity index is 482. The summed E-state index contributed by atoms with van der Waals surface area (Å²) in [6.45, 7) is 4.75. The van der Waals surface area contributed by atoms with Crippen LogP contribution in [0.25, 0.3) is 0 Å². The fourth-order valence-corrected chi connectivity index (χ4v) is 2.41. The van der Waals surface area contributed by atoms with Gasteiger partial charge in [-0.2, -0.15) is 0 Å². The van der Waals surface area contributed by atoms with E-state index in [4.69, 9.17) is 0 Å². The Labute approximate surface area is 105 Å². The number of hydrogen-bond acceptors (Lipinski definition) is 3. The molecule has 0 amide bonds. The zero-order valence-corrected chi connectivity index (χ0v) is 10.7. The second-order valence-electron chi connectivity index (χ2n) is 3.93. The number of thiazole rings is 1. The van der Waals surface area contributed by atoms with Gasteiger partial charge >= 0.3 is 0 Å². The van der Waals surface area contributed by atoms with Gasteiger partial charge in [0.1, 0.15) is 5.82 Å². The largest absolute Gasteiger partial charge is 0.305 e. The lowest BCUT2D eigenvalue weighted by Crippen LogP contribution is -2.23. The zero-order chi connectivity index (χ0) is 12.3. The quantitative estimate of drug-likeness (QED) is 0.900. The van der Waals surface area contributed by atoms with Gasteiger partial charge in [0.15, 0.2) is 0 Å². The maximum atomic E-state index is 13.9. The summed E-state index contributed by atoms with van der Waals surface area (Å²) in [4.78, 5) is 4.27. The lowest BCUT2D eigenvalue weighted by atomic mass is 10.0. The molecule has 90 valence electrons. The van der Waals surface area contributed by atoms with Crippen molar-refractivity contribution >= 4 is 11.3 Å². The average molecular weight is 250 g/mol. The van der Waals surface area contributed by atoms with Crippen molar-refractivity contribution in [2.75, 3.05) is 6.54 Å². The molecule has 17 heavy (non-hydrogen) atoms. The Morgan fingerprint density at radius 1 is 1.47 bits per heavy atom. The van der Waals surface area contributed by atoms with E-state index in [1.165, 1.54) is 17.4 Å². The zero-order valence-electron chi connectivity index (χ0n) is 9.90. The Hall–Kier alpha value is -1.26. The molecule has 1 N–H and O–H groups in total. The van der Waals surface area contributed by atoms with Crippen LogP contribution >= 0.6 is 11.3 Å². The monoisotopic (exact) mass is 250 g/mol. The van der Waals surface area contributed by atoms with Gasteiger partial charge in [0, 0.05) is 10.9 Å². The van der Waals surface area contributed by atoms with Crippen molar-refractivity contribution in [1.82, 2.24) is 10.3 Å². The molecule has 0 saturated carbocycles. The number of nitrogens with zero attached hydrogens (tertiary/aromatic N) is 1. The van der Waals surface area contributed by atoms with Crippen molar-refractivity contribution in [2.24, 2.45) is 0 Å². The van der Waals surface area contributed by atoms with E-state index >= 15 is 0 Å². The topological polar surface area (TPSA) is 24.9 Å². The molecule has 1 atom stereocenters. The Balaban J connectivity index is 2.42. The third-order valence-electron chi connectivity index (χ3n) is 2.62. The van der Waals surface area contributed by atoms with Crippen molar-refractivity contribution in [3.63, 3.8) is 0 Å². The molecule has 0 aliphatic rings. The van der Waals surface area contributed by atoms with Crippen LogP contribution in [0.5, 0.6) is 0 Å². The highest BCUT2D eigenvalue weighted by atomic mass is 32.1. The van der Waals surface area contributed by atoms with Crippen molar-refractivity contribution in [1.29, 1.82) is 0 Å². The van der Waals surface area contributed by atoms with E-state index in [2.05, 4.69) is 10.3 Å². The highest BCUT2D eigenvalue weighted by Crippen LogP contribution is 2.25. The number of aromatic nitrogens is 1. The summed E-state index contributed by atoms with van der Waals surface area (Å²) in [7, 11) is 0. The summed E-state index contributed by atoms with van der Waals surface area (Å²) < 4.78 is 13.9. The third-order valence-corrected chi connectivity index (χ3v) is 3.22. The summed E-state index contributed by atoms with van der Waals surface area (Å²) in [5, 5.41) is 5.23. The first-order valence-electron chi connectivity index (χ1n) is 5.60. The Kier molecular flexibility index (Phi) is 3.86. The molecule has 0 aliphatic heterocycles. The summed E-state index contributed by atoms with van der Waals surface area (Å²) in [6, 6.07) is 5.01. The number of aryl methyl sites for hydroxylation is 1. The van der Waals surface area contributed by atoms with Gasteiger partial charge in [-0.1, -0.05) is 24.6 Å². The van der Waals surface area contributed by atoms with Crippen LogP contribution in [0.15, 0.2) is 29.1 Å². The molecule has 0 bridgehead atoms. The van der Waals surface area contributed by atoms with Crippen LogP contribution < -0.4 is 5.32 Å². The summed E-state index contributed by atoms with van der Waals surface area (Å²) in [5.74, 6) is -0.186. The number of nitrogens with one attached hydrogen (secondary N) is 1. The van der Waals surface area contributed by atoms with Crippen molar-refractivity contribution in [2.45, 2.75) is 19.9 Å². The molecule has 2 rings (SSSR count). The van der Waals surface area contributed by atoms with E-state index in [1.54, 1.807) is 11.6 Å². The van der Waals surface area contributed by atoms with Crippen LogP contribution in [-0.2, 0) is 0 Å². The van der Waals surface area contributed by atoms with Crippen LogP contribution in [0.4, 0.5) is 4.39 Å². The summed E-state index contributed by atoms with van der Waals surface area (Å²) in [5.41, 5.74) is 4.37. The lowest BCUT2D eigenvalue weighted by Gasteiger charge is -2.17. The lowest BCUT2D eigenvalue weighted by molar-refractivity contribution is 0.553.